The van der Waals surface area contributed by atoms with Crippen molar-refractivity contribution in [2.75, 3.05) is 31.9 Å². The van der Waals surface area contributed by atoms with E-state index < -0.39 is 0 Å². The van der Waals surface area contributed by atoms with Crippen LogP contribution in [0.5, 0.6) is 0 Å². The molecule has 0 bridgehead atoms. The molecule has 1 saturated heterocycles. The van der Waals surface area contributed by atoms with Gasteiger partial charge >= 0.3 is 0 Å². The molecule has 0 unspecified atom stereocenters. The lowest BCUT2D eigenvalue weighted by atomic mass is 10.1. The fraction of sp³-hybridized carbons (Fsp3) is 0.353. The van der Waals surface area contributed by atoms with Crippen LogP contribution in [-0.2, 0) is 11.3 Å². The van der Waals surface area contributed by atoms with E-state index in [0.29, 0.717) is 0 Å². The standard InChI is InChI=1S/C17H21N5O/c1-13(23)22-10-8-21(9-11-22)12-16-17(20-7-6-19-16)14-2-4-15(18)5-3-14/h2-7H,8-12,18H2,1H3. The number of benzene rings is 1. The normalized spacial score (nSPS) is 15.6. The molecule has 1 fully saturated rings. The first-order valence-corrected chi connectivity index (χ1v) is 7.77. The Labute approximate surface area is 135 Å². The summed E-state index contributed by atoms with van der Waals surface area (Å²) in [6.07, 6.45) is 3.44. The van der Waals surface area contributed by atoms with Crippen molar-refractivity contribution in [3.05, 3.63) is 42.4 Å². The number of piperazine rings is 1. The maximum atomic E-state index is 11.4. The molecule has 1 aliphatic rings. The van der Waals surface area contributed by atoms with Gasteiger partial charge in [0.25, 0.3) is 0 Å². The second-order valence-corrected chi connectivity index (χ2v) is 5.76. The molecule has 6 heteroatoms. The van der Waals surface area contributed by atoms with Crippen LogP contribution >= 0.6 is 0 Å². The number of nitrogens with zero attached hydrogens (tertiary/aromatic N) is 4. The number of nitrogens with two attached hydrogens (primary N) is 1. The van der Waals surface area contributed by atoms with Crippen molar-refractivity contribution in [1.29, 1.82) is 0 Å². The number of amides is 1. The zero-order chi connectivity index (χ0) is 16.2. The monoisotopic (exact) mass is 311 g/mol. The molecule has 2 heterocycles. The highest BCUT2D eigenvalue weighted by atomic mass is 16.2. The quantitative estimate of drug-likeness (QED) is 0.867. The second-order valence-electron chi connectivity index (χ2n) is 5.76. The van der Waals surface area contributed by atoms with Gasteiger partial charge in [0.1, 0.15) is 0 Å². The summed E-state index contributed by atoms with van der Waals surface area (Å²) < 4.78 is 0. The number of carbonyl (C=O) groups is 1. The molecule has 23 heavy (non-hydrogen) atoms. The highest BCUT2D eigenvalue weighted by Crippen LogP contribution is 2.22. The smallest absolute Gasteiger partial charge is 0.219 e. The first-order valence-electron chi connectivity index (χ1n) is 7.77. The van der Waals surface area contributed by atoms with E-state index in [1.54, 1.807) is 19.3 Å². The highest BCUT2D eigenvalue weighted by Gasteiger charge is 2.20. The van der Waals surface area contributed by atoms with Gasteiger partial charge in [-0.25, -0.2) is 0 Å². The van der Waals surface area contributed by atoms with Gasteiger partial charge in [-0.1, -0.05) is 12.1 Å². The lowest BCUT2D eigenvalue weighted by Crippen LogP contribution is -2.47. The fourth-order valence-corrected chi connectivity index (χ4v) is 2.80. The zero-order valence-corrected chi connectivity index (χ0v) is 13.3. The first-order chi connectivity index (χ1) is 11.1. The van der Waals surface area contributed by atoms with Crippen LogP contribution in [0, 0.1) is 0 Å². The Balaban J connectivity index is 1.74. The maximum Gasteiger partial charge on any atom is 0.219 e. The number of hydrogen-bond donors (Lipinski definition) is 1. The van der Waals surface area contributed by atoms with Crippen LogP contribution in [0.2, 0.25) is 0 Å². The van der Waals surface area contributed by atoms with Gasteiger partial charge in [-0.05, 0) is 12.1 Å². The number of rotatable bonds is 3. The van der Waals surface area contributed by atoms with Crippen LogP contribution in [0.3, 0.4) is 0 Å². The molecule has 0 spiro atoms. The van der Waals surface area contributed by atoms with Crippen molar-refractivity contribution in [2.24, 2.45) is 0 Å². The molecule has 1 aromatic heterocycles. The maximum absolute atomic E-state index is 11.4. The first kappa shape index (κ1) is 15.4. The number of hydrogen-bond acceptors (Lipinski definition) is 5. The summed E-state index contributed by atoms with van der Waals surface area (Å²) >= 11 is 0. The molecule has 1 aromatic carbocycles. The van der Waals surface area contributed by atoms with Gasteiger partial charge in [0.05, 0.1) is 11.4 Å². The van der Waals surface area contributed by atoms with E-state index >= 15 is 0 Å². The predicted molar refractivity (Wildman–Crippen MR) is 89.4 cm³/mol. The minimum atomic E-state index is 0.145. The third kappa shape index (κ3) is 3.65. The Morgan fingerprint density at radius 2 is 1.74 bits per heavy atom. The van der Waals surface area contributed by atoms with Gasteiger partial charge in [-0.2, -0.15) is 0 Å². The summed E-state index contributed by atoms with van der Waals surface area (Å²) in [6.45, 7) is 5.62. The van der Waals surface area contributed by atoms with Crippen LogP contribution in [0.1, 0.15) is 12.6 Å². The SMILES string of the molecule is CC(=O)N1CCN(Cc2nccnc2-c2ccc(N)cc2)CC1. The van der Waals surface area contributed by atoms with E-state index in [9.17, 15) is 4.79 Å². The van der Waals surface area contributed by atoms with E-state index in [0.717, 1.165) is 55.4 Å². The van der Waals surface area contributed by atoms with Crippen molar-refractivity contribution in [3.63, 3.8) is 0 Å². The summed E-state index contributed by atoms with van der Waals surface area (Å²) in [4.78, 5) is 24.6. The van der Waals surface area contributed by atoms with Gasteiger partial charge in [-0.15, -0.1) is 0 Å². The zero-order valence-electron chi connectivity index (χ0n) is 13.3. The molecule has 120 valence electrons. The fourth-order valence-electron chi connectivity index (χ4n) is 2.80. The Morgan fingerprint density at radius 3 is 2.39 bits per heavy atom. The average Bonchev–Trinajstić information content (AvgIpc) is 2.57. The molecular formula is C17H21N5O. The summed E-state index contributed by atoms with van der Waals surface area (Å²) in [5.74, 6) is 0.145. The highest BCUT2D eigenvalue weighted by molar-refractivity contribution is 5.73. The van der Waals surface area contributed by atoms with E-state index in [2.05, 4.69) is 14.9 Å². The average molecular weight is 311 g/mol. The van der Waals surface area contributed by atoms with Gasteiger partial charge < -0.3 is 10.6 Å². The second kappa shape index (κ2) is 6.75. The number of carbonyl (C=O) groups excluding carboxylic acids is 1. The molecule has 6 nitrogen and oxygen atoms in total. The van der Waals surface area contributed by atoms with Crippen molar-refractivity contribution in [2.45, 2.75) is 13.5 Å². The minimum absolute atomic E-state index is 0.145. The van der Waals surface area contributed by atoms with Crippen LogP contribution in [0.4, 0.5) is 5.69 Å². The van der Waals surface area contributed by atoms with E-state index in [1.165, 1.54) is 0 Å². The Hall–Kier alpha value is -2.47. The molecule has 3 rings (SSSR count). The number of aromatic nitrogens is 2. The lowest BCUT2D eigenvalue weighted by Gasteiger charge is -2.34. The molecular weight excluding hydrogens is 290 g/mol. The van der Waals surface area contributed by atoms with E-state index in [1.807, 2.05) is 29.2 Å². The summed E-state index contributed by atoms with van der Waals surface area (Å²) in [7, 11) is 0. The predicted octanol–water partition coefficient (Wildman–Crippen LogP) is 1.39. The topological polar surface area (TPSA) is 75.4 Å². The molecule has 0 radical (unpaired) electrons. The van der Waals surface area contributed by atoms with Crippen LogP contribution < -0.4 is 5.73 Å². The molecule has 0 atom stereocenters. The number of nitrogen functional groups attached to an aromatic ring is 1. The van der Waals surface area contributed by atoms with E-state index in [4.69, 9.17) is 5.73 Å². The van der Waals surface area contributed by atoms with Crippen LogP contribution in [0.25, 0.3) is 11.3 Å². The number of anilines is 1. The third-order valence-corrected chi connectivity index (χ3v) is 4.15. The Morgan fingerprint density at radius 1 is 1.09 bits per heavy atom. The lowest BCUT2D eigenvalue weighted by molar-refractivity contribution is -0.130. The third-order valence-electron chi connectivity index (χ3n) is 4.15. The van der Waals surface area contributed by atoms with Crippen molar-refractivity contribution >= 4 is 11.6 Å². The van der Waals surface area contributed by atoms with Crippen LogP contribution in [-0.4, -0.2) is 51.9 Å². The van der Waals surface area contributed by atoms with Gasteiger partial charge in [0.15, 0.2) is 0 Å². The Kier molecular flexibility index (Phi) is 4.52. The van der Waals surface area contributed by atoms with E-state index in [-0.39, 0.29) is 5.91 Å². The summed E-state index contributed by atoms with van der Waals surface area (Å²) in [5.41, 5.74) is 9.35. The van der Waals surface area contributed by atoms with Gasteiger partial charge in [0.2, 0.25) is 5.91 Å². The van der Waals surface area contributed by atoms with Crippen LogP contribution in [0.15, 0.2) is 36.7 Å². The molecule has 0 aliphatic carbocycles. The van der Waals surface area contributed by atoms with Gasteiger partial charge in [0, 0.05) is 63.3 Å². The van der Waals surface area contributed by atoms with Gasteiger partial charge in [-0.3, -0.25) is 19.7 Å². The molecule has 2 N–H and O–H groups in total. The molecule has 1 amide bonds. The minimum Gasteiger partial charge on any atom is -0.399 e. The van der Waals surface area contributed by atoms with Crippen molar-refractivity contribution in [3.8, 4) is 11.3 Å². The Bertz CT molecular complexity index is 678. The largest absolute Gasteiger partial charge is 0.399 e. The summed E-state index contributed by atoms with van der Waals surface area (Å²) in [5, 5.41) is 0. The molecule has 1 aliphatic heterocycles. The molecule has 0 saturated carbocycles. The van der Waals surface area contributed by atoms with Crippen molar-refractivity contribution in [1.82, 2.24) is 19.8 Å². The molecule has 2 aromatic rings. The summed E-state index contributed by atoms with van der Waals surface area (Å²) in [6, 6.07) is 7.69. The van der Waals surface area contributed by atoms with Crippen molar-refractivity contribution < 1.29 is 4.79 Å².